The van der Waals surface area contributed by atoms with Gasteiger partial charge in [-0.2, -0.15) is 0 Å². The molecule has 1 nitrogen and oxygen atoms in total. The minimum atomic E-state index is 0.612. The Morgan fingerprint density at radius 3 is 2.88 bits per heavy atom. The average Bonchev–Trinajstić information content (AvgIpc) is 2.75. The van der Waals surface area contributed by atoms with Gasteiger partial charge in [0.1, 0.15) is 0 Å². The van der Waals surface area contributed by atoms with Crippen LogP contribution in [0.15, 0.2) is 29.6 Å². The Kier molecular flexibility index (Phi) is 3.97. The first-order valence-corrected chi connectivity index (χ1v) is 6.91. The Bertz CT molecular complexity index is 447. The highest BCUT2D eigenvalue weighted by atomic mass is 32.1. The molecular weight excluding hydrogens is 214 g/mol. The standard InChI is InChI=1S/C14H19NS/c1-3-13(15-4-2)10-11-5-6-14-12(9-11)7-8-16-14/h5-9,13,15H,3-4,10H2,1-2H3. The molecule has 2 rings (SSSR count). The zero-order chi connectivity index (χ0) is 11.4. The molecule has 2 heteroatoms. The molecule has 1 aromatic carbocycles. The van der Waals surface area contributed by atoms with Crippen LogP contribution in [0.5, 0.6) is 0 Å². The van der Waals surface area contributed by atoms with E-state index < -0.39 is 0 Å². The minimum Gasteiger partial charge on any atom is -0.314 e. The van der Waals surface area contributed by atoms with Crippen LogP contribution in [0, 0.1) is 0 Å². The van der Waals surface area contributed by atoms with Crippen molar-refractivity contribution in [1.29, 1.82) is 0 Å². The second-order valence-corrected chi connectivity index (χ2v) is 5.11. The zero-order valence-corrected chi connectivity index (χ0v) is 10.8. The molecule has 1 unspecified atom stereocenters. The van der Waals surface area contributed by atoms with E-state index in [1.54, 1.807) is 0 Å². The van der Waals surface area contributed by atoms with Crippen LogP contribution in [-0.2, 0) is 6.42 Å². The van der Waals surface area contributed by atoms with E-state index in [0.717, 1.165) is 13.0 Å². The van der Waals surface area contributed by atoms with Crippen LogP contribution in [0.2, 0.25) is 0 Å². The van der Waals surface area contributed by atoms with Gasteiger partial charge < -0.3 is 5.32 Å². The Morgan fingerprint density at radius 2 is 2.12 bits per heavy atom. The van der Waals surface area contributed by atoms with Gasteiger partial charge in [-0.15, -0.1) is 11.3 Å². The minimum absolute atomic E-state index is 0.612. The first-order chi connectivity index (χ1) is 7.83. The van der Waals surface area contributed by atoms with Gasteiger partial charge in [0.2, 0.25) is 0 Å². The van der Waals surface area contributed by atoms with Crippen molar-refractivity contribution in [2.24, 2.45) is 0 Å². The predicted octanol–water partition coefficient (Wildman–Crippen LogP) is 3.83. The van der Waals surface area contributed by atoms with Crippen LogP contribution >= 0.6 is 11.3 Å². The van der Waals surface area contributed by atoms with Crippen molar-refractivity contribution in [3.63, 3.8) is 0 Å². The first-order valence-electron chi connectivity index (χ1n) is 6.03. The molecule has 1 atom stereocenters. The van der Waals surface area contributed by atoms with Gasteiger partial charge in [0, 0.05) is 10.7 Å². The van der Waals surface area contributed by atoms with Crippen LogP contribution < -0.4 is 5.32 Å². The number of hydrogen-bond acceptors (Lipinski definition) is 2. The monoisotopic (exact) mass is 233 g/mol. The molecule has 1 N–H and O–H groups in total. The van der Waals surface area contributed by atoms with Gasteiger partial charge in [-0.1, -0.05) is 26.0 Å². The molecule has 0 bridgehead atoms. The summed E-state index contributed by atoms with van der Waals surface area (Å²) in [5, 5.41) is 7.07. The summed E-state index contributed by atoms with van der Waals surface area (Å²) in [7, 11) is 0. The number of fused-ring (bicyclic) bond motifs is 1. The summed E-state index contributed by atoms with van der Waals surface area (Å²) in [6.45, 7) is 5.47. The number of thiophene rings is 1. The topological polar surface area (TPSA) is 12.0 Å². The SMILES string of the molecule is CCNC(CC)Cc1ccc2sccc2c1. The van der Waals surface area contributed by atoms with E-state index in [1.165, 1.54) is 22.1 Å². The third-order valence-electron chi connectivity index (χ3n) is 2.98. The smallest absolute Gasteiger partial charge is 0.0342 e. The zero-order valence-electron chi connectivity index (χ0n) is 9.99. The number of nitrogens with one attached hydrogen (secondary N) is 1. The quantitative estimate of drug-likeness (QED) is 0.827. The number of benzene rings is 1. The Morgan fingerprint density at radius 1 is 1.25 bits per heavy atom. The molecular formula is C14H19NS. The van der Waals surface area contributed by atoms with Gasteiger partial charge in [-0.25, -0.2) is 0 Å². The number of likely N-dealkylation sites (N-methyl/N-ethyl adjacent to an activating group) is 1. The summed E-state index contributed by atoms with van der Waals surface area (Å²) in [6, 6.07) is 9.65. The van der Waals surface area contributed by atoms with E-state index in [0.29, 0.717) is 6.04 Å². The fourth-order valence-electron chi connectivity index (χ4n) is 2.08. The van der Waals surface area contributed by atoms with Crippen LogP contribution in [0.1, 0.15) is 25.8 Å². The molecule has 16 heavy (non-hydrogen) atoms. The van der Waals surface area contributed by atoms with Gasteiger partial charge in [0.25, 0.3) is 0 Å². The fraction of sp³-hybridized carbons (Fsp3) is 0.429. The lowest BCUT2D eigenvalue weighted by Gasteiger charge is -2.15. The molecule has 1 heterocycles. The maximum absolute atomic E-state index is 3.53. The second-order valence-electron chi connectivity index (χ2n) is 4.16. The van der Waals surface area contributed by atoms with E-state index in [4.69, 9.17) is 0 Å². The largest absolute Gasteiger partial charge is 0.314 e. The first kappa shape index (κ1) is 11.6. The third kappa shape index (κ3) is 2.63. The van der Waals surface area contributed by atoms with Crippen LogP contribution in [0.4, 0.5) is 0 Å². The molecule has 0 radical (unpaired) electrons. The van der Waals surface area contributed by atoms with Crippen molar-refractivity contribution in [3.05, 3.63) is 35.2 Å². The van der Waals surface area contributed by atoms with Crippen molar-refractivity contribution in [2.75, 3.05) is 6.54 Å². The highest BCUT2D eigenvalue weighted by Crippen LogP contribution is 2.22. The van der Waals surface area contributed by atoms with Crippen molar-refractivity contribution < 1.29 is 0 Å². The summed E-state index contributed by atoms with van der Waals surface area (Å²) in [5.41, 5.74) is 1.44. The van der Waals surface area contributed by atoms with Crippen molar-refractivity contribution >= 4 is 21.4 Å². The van der Waals surface area contributed by atoms with E-state index >= 15 is 0 Å². The highest BCUT2D eigenvalue weighted by molar-refractivity contribution is 7.17. The van der Waals surface area contributed by atoms with Gasteiger partial charge in [-0.05, 0) is 47.8 Å². The molecule has 0 aliphatic heterocycles. The van der Waals surface area contributed by atoms with Gasteiger partial charge in [0.05, 0.1) is 0 Å². The summed E-state index contributed by atoms with van der Waals surface area (Å²) in [6.07, 6.45) is 2.33. The Hall–Kier alpha value is -0.860. The van der Waals surface area contributed by atoms with Crippen molar-refractivity contribution in [1.82, 2.24) is 5.32 Å². The maximum Gasteiger partial charge on any atom is 0.0342 e. The second kappa shape index (κ2) is 5.46. The third-order valence-corrected chi connectivity index (χ3v) is 3.88. The van der Waals surface area contributed by atoms with Gasteiger partial charge in [0.15, 0.2) is 0 Å². The Labute approximate surface area is 101 Å². The highest BCUT2D eigenvalue weighted by Gasteiger charge is 2.06. The van der Waals surface area contributed by atoms with Crippen LogP contribution in [-0.4, -0.2) is 12.6 Å². The van der Waals surface area contributed by atoms with Crippen molar-refractivity contribution in [2.45, 2.75) is 32.7 Å². The predicted molar refractivity (Wildman–Crippen MR) is 73.3 cm³/mol. The molecule has 86 valence electrons. The lowest BCUT2D eigenvalue weighted by atomic mass is 10.0. The maximum atomic E-state index is 3.53. The van der Waals surface area contributed by atoms with E-state index in [2.05, 4.69) is 48.8 Å². The number of hydrogen-bond donors (Lipinski definition) is 1. The summed E-state index contributed by atoms with van der Waals surface area (Å²) >= 11 is 1.82. The fourth-order valence-corrected chi connectivity index (χ4v) is 2.85. The van der Waals surface area contributed by atoms with Crippen molar-refractivity contribution in [3.8, 4) is 0 Å². The average molecular weight is 233 g/mol. The molecule has 2 aromatic rings. The number of rotatable bonds is 5. The molecule has 0 fully saturated rings. The van der Waals surface area contributed by atoms with E-state index in [-0.39, 0.29) is 0 Å². The molecule has 0 spiro atoms. The summed E-state index contributed by atoms with van der Waals surface area (Å²) in [4.78, 5) is 0. The van der Waals surface area contributed by atoms with Crippen LogP contribution in [0.3, 0.4) is 0 Å². The molecule has 1 aromatic heterocycles. The molecule has 0 aliphatic carbocycles. The molecule has 0 amide bonds. The molecule has 0 saturated carbocycles. The molecule has 0 saturated heterocycles. The van der Waals surface area contributed by atoms with Crippen LogP contribution in [0.25, 0.3) is 10.1 Å². The van der Waals surface area contributed by atoms with Gasteiger partial charge >= 0.3 is 0 Å². The van der Waals surface area contributed by atoms with E-state index in [1.807, 2.05) is 11.3 Å². The van der Waals surface area contributed by atoms with Gasteiger partial charge in [-0.3, -0.25) is 0 Å². The normalized spacial score (nSPS) is 13.1. The molecule has 0 aliphatic rings. The van der Waals surface area contributed by atoms with E-state index in [9.17, 15) is 0 Å². The summed E-state index contributed by atoms with van der Waals surface area (Å²) < 4.78 is 1.39. The lowest BCUT2D eigenvalue weighted by Crippen LogP contribution is -2.30. The summed E-state index contributed by atoms with van der Waals surface area (Å²) in [5.74, 6) is 0. The lowest BCUT2D eigenvalue weighted by molar-refractivity contribution is 0.510. The Balaban J connectivity index is 2.13.